The zero-order valence-electron chi connectivity index (χ0n) is 10.5. The van der Waals surface area contributed by atoms with Gasteiger partial charge in [0.1, 0.15) is 5.82 Å². The van der Waals surface area contributed by atoms with Gasteiger partial charge in [0.15, 0.2) is 0 Å². The molecule has 1 heterocycles. The second-order valence-electron chi connectivity index (χ2n) is 4.99. The molecule has 0 aromatic heterocycles. The summed E-state index contributed by atoms with van der Waals surface area (Å²) < 4.78 is 13.6. The average molecular weight is 236 g/mol. The van der Waals surface area contributed by atoms with Crippen LogP contribution in [0.2, 0.25) is 0 Å². The van der Waals surface area contributed by atoms with Crippen molar-refractivity contribution in [1.82, 2.24) is 10.2 Å². The molecule has 2 nitrogen and oxygen atoms in total. The summed E-state index contributed by atoms with van der Waals surface area (Å²) in [7, 11) is 0. The number of hydrogen-bond acceptors (Lipinski definition) is 2. The van der Waals surface area contributed by atoms with E-state index in [0.29, 0.717) is 5.92 Å². The molecule has 0 aliphatic carbocycles. The average Bonchev–Trinajstić information content (AvgIpc) is 2.28. The Bertz CT molecular complexity index is 354. The lowest BCUT2D eigenvalue weighted by atomic mass is 10.1. The van der Waals surface area contributed by atoms with Gasteiger partial charge >= 0.3 is 0 Å². The van der Waals surface area contributed by atoms with Crippen LogP contribution in [0.25, 0.3) is 0 Å². The molecule has 2 rings (SSSR count). The van der Waals surface area contributed by atoms with Crippen molar-refractivity contribution in [2.45, 2.75) is 19.9 Å². The van der Waals surface area contributed by atoms with Crippen molar-refractivity contribution < 1.29 is 4.39 Å². The standard InChI is InChI=1S/C14H21FN2/c1-12-9-16-7-4-8-17(10-12)11-13-5-2-3-6-14(13)15/h2-3,5-6,12,16H,4,7-11H2,1H3. The topological polar surface area (TPSA) is 15.3 Å². The lowest BCUT2D eigenvalue weighted by molar-refractivity contribution is 0.207. The smallest absolute Gasteiger partial charge is 0.127 e. The SMILES string of the molecule is CC1CNCCCN(Cc2ccccc2F)C1. The highest BCUT2D eigenvalue weighted by Gasteiger charge is 2.14. The summed E-state index contributed by atoms with van der Waals surface area (Å²) in [5.41, 5.74) is 0.813. The van der Waals surface area contributed by atoms with Gasteiger partial charge < -0.3 is 5.32 Å². The predicted octanol–water partition coefficient (Wildman–Crippen LogP) is 2.26. The molecule has 1 saturated heterocycles. The summed E-state index contributed by atoms with van der Waals surface area (Å²) in [6.45, 7) is 7.20. The molecule has 1 aliphatic heterocycles. The van der Waals surface area contributed by atoms with E-state index < -0.39 is 0 Å². The maximum absolute atomic E-state index is 13.6. The van der Waals surface area contributed by atoms with Gasteiger partial charge in [0, 0.05) is 18.7 Å². The largest absolute Gasteiger partial charge is 0.316 e. The van der Waals surface area contributed by atoms with Crippen LogP contribution < -0.4 is 5.32 Å². The summed E-state index contributed by atoms with van der Waals surface area (Å²) in [4.78, 5) is 2.37. The van der Waals surface area contributed by atoms with Gasteiger partial charge in [-0.05, 0) is 38.0 Å². The van der Waals surface area contributed by atoms with Gasteiger partial charge in [-0.1, -0.05) is 25.1 Å². The van der Waals surface area contributed by atoms with Crippen LogP contribution in [0.4, 0.5) is 4.39 Å². The van der Waals surface area contributed by atoms with E-state index in [4.69, 9.17) is 0 Å². The first-order valence-corrected chi connectivity index (χ1v) is 6.42. The minimum atomic E-state index is -0.0830. The molecule has 0 amide bonds. The minimum Gasteiger partial charge on any atom is -0.316 e. The molecule has 17 heavy (non-hydrogen) atoms. The number of nitrogens with zero attached hydrogens (tertiary/aromatic N) is 1. The highest BCUT2D eigenvalue weighted by atomic mass is 19.1. The van der Waals surface area contributed by atoms with Crippen molar-refractivity contribution >= 4 is 0 Å². The molecular weight excluding hydrogens is 215 g/mol. The highest BCUT2D eigenvalue weighted by molar-refractivity contribution is 5.17. The normalized spacial score (nSPS) is 23.1. The molecule has 1 aromatic carbocycles. The highest BCUT2D eigenvalue weighted by Crippen LogP contribution is 2.12. The molecule has 1 unspecified atom stereocenters. The van der Waals surface area contributed by atoms with E-state index in [-0.39, 0.29) is 5.82 Å². The van der Waals surface area contributed by atoms with Crippen LogP contribution in [0, 0.1) is 11.7 Å². The fraction of sp³-hybridized carbons (Fsp3) is 0.571. The number of hydrogen-bond donors (Lipinski definition) is 1. The van der Waals surface area contributed by atoms with Crippen LogP contribution in [0.3, 0.4) is 0 Å². The molecule has 1 fully saturated rings. The van der Waals surface area contributed by atoms with Crippen molar-refractivity contribution in [3.63, 3.8) is 0 Å². The third-order valence-electron chi connectivity index (χ3n) is 3.24. The Balaban J connectivity index is 1.98. The number of benzene rings is 1. The van der Waals surface area contributed by atoms with Gasteiger partial charge in [-0.3, -0.25) is 4.90 Å². The Morgan fingerprint density at radius 2 is 2.24 bits per heavy atom. The maximum atomic E-state index is 13.6. The van der Waals surface area contributed by atoms with E-state index in [1.807, 2.05) is 12.1 Å². The minimum absolute atomic E-state index is 0.0830. The van der Waals surface area contributed by atoms with E-state index >= 15 is 0 Å². The van der Waals surface area contributed by atoms with Crippen molar-refractivity contribution in [3.8, 4) is 0 Å². The van der Waals surface area contributed by atoms with E-state index in [0.717, 1.165) is 44.7 Å². The van der Waals surface area contributed by atoms with Crippen LogP contribution >= 0.6 is 0 Å². The zero-order valence-corrected chi connectivity index (χ0v) is 10.5. The van der Waals surface area contributed by atoms with Gasteiger partial charge in [-0.25, -0.2) is 4.39 Å². The van der Waals surface area contributed by atoms with Crippen LogP contribution in [0.1, 0.15) is 18.9 Å². The lowest BCUT2D eigenvalue weighted by Crippen LogP contribution is -2.38. The fourth-order valence-corrected chi connectivity index (χ4v) is 2.38. The Labute approximate surface area is 103 Å². The van der Waals surface area contributed by atoms with Crippen LogP contribution in [0.5, 0.6) is 0 Å². The summed E-state index contributed by atoms with van der Waals surface area (Å²) in [5.74, 6) is 0.544. The van der Waals surface area contributed by atoms with Gasteiger partial charge in [0.2, 0.25) is 0 Å². The molecule has 1 atom stereocenters. The number of halogens is 1. The number of rotatable bonds is 2. The quantitative estimate of drug-likeness (QED) is 0.847. The zero-order chi connectivity index (χ0) is 12.1. The van der Waals surface area contributed by atoms with Gasteiger partial charge in [0.05, 0.1) is 0 Å². The van der Waals surface area contributed by atoms with E-state index in [2.05, 4.69) is 17.1 Å². The van der Waals surface area contributed by atoms with E-state index in [1.165, 1.54) is 0 Å². The first-order valence-electron chi connectivity index (χ1n) is 6.42. The predicted molar refractivity (Wildman–Crippen MR) is 68.3 cm³/mol. The van der Waals surface area contributed by atoms with Crippen molar-refractivity contribution in [1.29, 1.82) is 0 Å². The molecule has 0 bridgehead atoms. The molecule has 0 radical (unpaired) electrons. The molecule has 94 valence electrons. The number of nitrogens with one attached hydrogen (secondary N) is 1. The molecule has 1 aromatic rings. The van der Waals surface area contributed by atoms with Crippen LogP contribution in [0.15, 0.2) is 24.3 Å². The third kappa shape index (κ3) is 3.79. The van der Waals surface area contributed by atoms with Crippen LogP contribution in [-0.4, -0.2) is 31.1 Å². The lowest BCUT2D eigenvalue weighted by Gasteiger charge is -2.28. The van der Waals surface area contributed by atoms with Crippen LogP contribution in [-0.2, 0) is 6.54 Å². The molecule has 3 heteroatoms. The first-order chi connectivity index (χ1) is 8.25. The monoisotopic (exact) mass is 236 g/mol. The Kier molecular flexibility index (Phi) is 4.51. The summed E-state index contributed by atoms with van der Waals surface area (Å²) in [5, 5.41) is 3.43. The third-order valence-corrected chi connectivity index (χ3v) is 3.24. The van der Waals surface area contributed by atoms with E-state index in [9.17, 15) is 4.39 Å². The van der Waals surface area contributed by atoms with Gasteiger partial charge in [-0.15, -0.1) is 0 Å². The molecule has 0 spiro atoms. The van der Waals surface area contributed by atoms with Crippen molar-refractivity contribution in [2.24, 2.45) is 5.92 Å². The maximum Gasteiger partial charge on any atom is 0.127 e. The second kappa shape index (κ2) is 6.12. The van der Waals surface area contributed by atoms with Crippen molar-refractivity contribution in [2.75, 3.05) is 26.2 Å². The molecule has 1 N–H and O–H groups in total. The molecule has 1 aliphatic rings. The Morgan fingerprint density at radius 3 is 3.06 bits per heavy atom. The van der Waals surface area contributed by atoms with Gasteiger partial charge in [0.25, 0.3) is 0 Å². The Morgan fingerprint density at radius 1 is 1.41 bits per heavy atom. The first kappa shape index (κ1) is 12.5. The van der Waals surface area contributed by atoms with E-state index in [1.54, 1.807) is 12.1 Å². The molecular formula is C14H21FN2. The van der Waals surface area contributed by atoms with Gasteiger partial charge in [-0.2, -0.15) is 0 Å². The summed E-state index contributed by atoms with van der Waals surface area (Å²) in [6, 6.07) is 7.09. The summed E-state index contributed by atoms with van der Waals surface area (Å²) in [6.07, 6.45) is 1.14. The fourth-order valence-electron chi connectivity index (χ4n) is 2.38. The van der Waals surface area contributed by atoms with Crippen molar-refractivity contribution in [3.05, 3.63) is 35.6 Å². The second-order valence-corrected chi connectivity index (χ2v) is 4.99. The molecule has 0 saturated carbocycles. The Hall–Kier alpha value is -0.930. The summed E-state index contributed by atoms with van der Waals surface area (Å²) >= 11 is 0.